The molecule has 3 nitrogen and oxygen atoms in total. The number of pyridine rings is 2. The molecule has 9 rings (SSSR count). The summed E-state index contributed by atoms with van der Waals surface area (Å²) in [4.78, 5) is 13.4. The summed E-state index contributed by atoms with van der Waals surface area (Å²) < 4.78 is 2.56. The van der Waals surface area contributed by atoms with Crippen molar-refractivity contribution in [1.29, 1.82) is 0 Å². The van der Waals surface area contributed by atoms with Crippen molar-refractivity contribution in [2.24, 2.45) is 0 Å². The number of para-hydroxylation sites is 1. The van der Waals surface area contributed by atoms with E-state index < -0.39 is 0 Å². The second-order valence-corrected chi connectivity index (χ2v) is 14.5. The fourth-order valence-corrected chi connectivity index (χ4v) is 9.17. The molecule has 0 fully saturated rings. The highest BCUT2D eigenvalue weighted by Gasteiger charge is 2.46. The molecule has 5 heteroatoms. The zero-order chi connectivity index (χ0) is 29.1. The van der Waals surface area contributed by atoms with Gasteiger partial charge in [0.2, 0.25) is 0 Å². The largest absolute Gasteiger partial charge is 0.278 e. The van der Waals surface area contributed by atoms with Gasteiger partial charge < -0.3 is 0 Å². The smallest absolute Gasteiger partial charge is 0.143 e. The van der Waals surface area contributed by atoms with Crippen molar-refractivity contribution in [1.82, 2.24) is 9.97 Å². The van der Waals surface area contributed by atoms with Gasteiger partial charge in [-0.3, -0.25) is 4.90 Å². The van der Waals surface area contributed by atoms with E-state index in [1.54, 1.807) is 22.7 Å². The number of rotatable bonds is 2. The van der Waals surface area contributed by atoms with Crippen molar-refractivity contribution in [3.05, 3.63) is 124 Å². The number of nitrogens with zero attached hydrogens (tertiary/aromatic N) is 3. The first-order valence-corrected chi connectivity index (χ1v) is 16.5. The Labute approximate surface area is 266 Å². The summed E-state index contributed by atoms with van der Waals surface area (Å²) in [6.45, 7) is 9.35. The Morgan fingerprint density at radius 2 is 0.977 bits per heavy atom. The fourth-order valence-electron chi connectivity index (χ4n) is 7.26. The lowest BCUT2D eigenvalue weighted by Gasteiger charge is -2.48. The van der Waals surface area contributed by atoms with Gasteiger partial charge in [-0.2, -0.15) is 0 Å². The van der Waals surface area contributed by atoms with Gasteiger partial charge in [-0.1, -0.05) is 102 Å². The van der Waals surface area contributed by atoms with Crippen LogP contribution in [0.2, 0.25) is 0 Å². The van der Waals surface area contributed by atoms with Crippen molar-refractivity contribution < 1.29 is 0 Å². The van der Waals surface area contributed by atoms with E-state index in [1.165, 1.54) is 59.2 Å². The number of hydrogen-bond acceptors (Lipinski definition) is 5. The van der Waals surface area contributed by atoms with E-state index in [2.05, 4.69) is 134 Å². The van der Waals surface area contributed by atoms with Crippen LogP contribution in [-0.4, -0.2) is 9.97 Å². The van der Waals surface area contributed by atoms with E-state index >= 15 is 0 Å². The molecular weight excluding hydrogens is 575 g/mol. The number of hydrogen-bond donors (Lipinski definition) is 0. The third kappa shape index (κ3) is 3.54. The van der Waals surface area contributed by atoms with Crippen LogP contribution in [0.5, 0.6) is 0 Å². The Bertz CT molecular complexity index is 2110. The lowest BCUT2D eigenvalue weighted by Crippen LogP contribution is -2.39. The molecule has 216 valence electrons. The second-order valence-electron chi connectivity index (χ2n) is 12.7. The minimum absolute atomic E-state index is 0. The Balaban J connectivity index is 0.00000289. The maximum absolute atomic E-state index is 5.51. The topological polar surface area (TPSA) is 29.0 Å². The van der Waals surface area contributed by atoms with E-state index in [-0.39, 0.29) is 18.3 Å². The highest BCUT2D eigenvalue weighted by molar-refractivity contribution is 7.18. The first kappa shape index (κ1) is 27.2. The average Bonchev–Trinajstić information content (AvgIpc) is 3.65. The van der Waals surface area contributed by atoms with Crippen molar-refractivity contribution in [3.63, 3.8) is 0 Å². The highest BCUT2D eigenvalue weighted by atomic mass is 32.1. The Morgan fingerprint density at radius 1 is 0.523 bits per heavy atom. The molecule has 0 amide bonds. The quantitative estimate of drug-likeness (QED) is 0.196. The molecule has 0 N–H and O–H groups in total. The maximum Gasteiger partial charge on any atom is 0.143 e. The second kappa shape index (κ2) is 9.34. The van der Waals surface area contributed by atoms with Gasteiger partial charge in [0.1, 0.15) is 11.6 Å². The average molecular weight is 608 g/mol. The molecule has 4 aromatic heterocycles. The fraction of sp³-hybridized carbons (Fsp3) is 0.179. The van der Waals surface area contributed by atoms with E-state index in [0.29, 0.717) is 0 Å². The van der Waals surface area contributed by atoms with Gasteiger partial charge in [0.15, 0.2) is 0 Å². The zero-order valence-corrected chi connectivity index (χ0v) is 26.1. The van der Waals surface area contributed by atoms with Crippen LogP contribution in [0.1, 0.15) is 57.4 Å². The van der Waals surface area contributed by atoms with Crippen LogP contribution in [0, 0.1) is 0 Å². The lowest BCUT2D eigenvalue weighted by molar-refractivity contribution is 0.591. The third-order valence-electron chi connectivity index (χ3n) is 9.64. The molecule has 6 heterocycles. The molecule has 0 spiro atoms. The Hall–Kier alpha value is -4.32. The summed E-state index contributed by atoms with van der Waals surface area (Å²) in [5.74, 6) is 1.96. The van der Waals surface area contributed by atoms with Gasteiger partial charge in [0.05, 0.1) is 17.1 Å². The molecule has 3 aromatic carbocycles. The molecule has 44 heavy (non-hydrogen) atoms. The molecule has 0 unspecified atom stereocenters. The minimum Gasteiger partial charge on any atom is -0.278 e. The van der Waals surface area contributed by atoms with Crippen molar-refractivity contribution in [2.45, 2.75) is 46.0 Å². The van der Waals surface area contributed by atoms with E-state index in [4.69, 9.17) is 9.97 Å². The molecule has 0 bridgehead atoms. The third-order valence-corrected chi connectivity index (χ3v) is 11.6. The Morgan fingerprint density at radius 3 is 1.45 bits per heavy atom. The molecule has 0 saturated carbocycles. The van der Waals surface area contributed by atoms with E-state index in [9.17, 15) is 0 Å². The van der Waals surface area contributed by atoms with Gasteiger partial charge in [-0.05, 0) is 35.4 Å². The predicted molar refractivity (Wildman–Crippen MR) is 189 cm³/mol. The van der Waals surface area contributed by atoms with Crippen LogP contribution in [0.25, 0.3) is 42.7 Å². The normalized spacial score (nSPS) is 15.4. The summed E-state index contributed by atoms with van der Waals surface area (Å²) in [5, 5.41) is 7.00. The number of aromatic nitrogens is 2. The first-order chi connectivity index (χ1) is 20.8. The zero-order valence-electron chi connectivity index (χ0n) is 24.5. The van der Waals surface area contributed by atoms with Crippen molar-refractivity contribution in [3.8, 4) is 22.5 Å². The predicted octanol–water partition coefficient (Wildman–Crippen LogP) is 11.6. The van der Waals surface area contributed by atoms with Crippen molar-refractivity contribution >= 4 is 60.2 Å². The van der Waals surface area contributed by atoms with E-state index in [1.807, 2.05) is 0 Å². The Kier molecular flexibility index (Phi) is 5.78. The summed E-state index contributed by atoms with van der Waals surface area (Å²) in [7, 11) is 0. The van der Waals surface area contributed by atoms with Crippen LogP contribution >= 0.6 is 22.7 Å². The summed E-state index contributed by atoms with van der Waals surface area (Å²) in [6, 6.07) is 33.1. The molecular formula is C39H33N3S2. The van der Waals surface area contributed by atoms with Gasteiger partial charge >= 0.3 is 0 Å². The van der Waals surface area contributed by atoms with Crippen LogP contribution in [0.15, 0.2) is 102 Å². The summed E-state index contributed by atoms with van der Waals surface area (Å²) >= 11 is 3.56. The number of benzene rings is 3. The lowest BCUT2D eigenvalue weighted by atomic mass is 9.67. The molecule has 0 atom stereocenters. The summed E-state index contributed by atoms with van der Waals surface area (Å²) in [5.41, 5.74) is 10.3. The molecule has 2 aliphatic heterocycles. The van der Waals surface area contributed by atoms with Gasteiger partial charge in [-0.25, -0.2) is 9.97 Å². The number of anilines is 3. The monoisotopic (exact) mass is 607 g/mol. The molecule has 0 aliphatic carbocycles. The molecule has 7 aromatic rings. The van der Waals surface area contributed by atoms with Crippen LogP contribution < -0.4 is 4.90 Å². The van der Waals surface area contributed by atoms with Gasteiger partial charge in [0.25, 0.3) is 0 Å². The molecule has 0 saturated heterocycles. The van der Waals surface area contributed by atoms with Crippen LogP contribution in [0.4, 0.5) is 17.3 Å². The highest BCUT2D eigenvalue weighted by Crippen LogP contribution is 2.59. The molecule has 2 aliphatic rings. The van der Waals surface area contributed by atoms with Crippen molar-refractivity contribution in [2.75, 3.05) is 4.90 Å². The number of thiophene rings is 2. The van der Waals surface area contributed by atoms with Crippen LogP contribution in [-0.2, 0) is 10.8 Å². The maximum atomic E-state index is 5.51. The first-order valence-electron chi connectivity index (χ1n) is 14.7. The number of fused-ring (bicyclic) bond motifs is 6. The molecule has 0 radical (unpaired) electrons. The standard InChI is InChI=1S/C38H29N3S2.CH4/c1-37(2)26-12-9-13-27-34(26)41(35-28(37)16-18-30(39-35)24-20-42-32-14-7-5-10-22(24)32)36-29(38(27,3)4)17-19-31(40-36)25-21-43-33-15-8-6-11-23(25)33;/h5-21H,1-4H3;1H4. The van der Waals surface area contributed by atoms with Gasteiger partial charge in [-0.15, -0.1) is 22.7 Å². The SMILES string of the molecule is C.CC1(C)c2ccc(-c3csc4ccccc34)nc2N2c3nc(-c4csc5ccccc45)ccc3C(C)(C)c3cccc1c32. The van der Waals surface area contributed by atoms with Gasteiger partial charge in [0, 0.05) is 64.0 Å². The van der Waals surface area contributed by atoms with E-state index in [0.717, 1.165) is 23.0 Å². The van der Waals surface area contributed by atoms with Crippen LogP contribution in [0.3, 0.4) is 0 Å². The summed E-state index contributed by atoms with van der Waals surface area (Å²) in [6.07, 6.45) is 0. The minimum atomic E-state index is -0.214.